The van der Waals surface area contributed by atoms with Gasteiger partial charge in [-0.25, -0.2) is 0 Å². The fourth-order valence-electron chi connectivity index (χ4n) is 3.41. The van der Waals surface area contributed by atoms with Gasteiger partial charge in [-0.1, -0.05) is 27.7 Å². The highest BCUT2D eigenvalue weighted by atomic mass is 16.2. The predicted octanol–water partition coefficient (Wildman–Crippen LogP) is 1.23. The van der Waals surface area contributed by atoms with E-state index in [9.17, 15) is 9.59 Å². The van der Waals surface area contributed by atoms with Crippen LogP contribution in [0.5, 0.6) is 0 Å². The minimum Gasteiger partial charge on any atom is -0.342 e. The Kier molecular flexibility index (Phi) is 4.61. The number of piperidine rings is 1. The third-order valence-electron chi connectivity index (χ3n) is 4.76. The molecule has 2 aliphatic rings. The second kappa shape index (κ2) is 5.95. The third-order valence-corrected chi connectivity index (χ3v) is 4.76. The Hall–Kier alpha value is -1.10. The maximum atomic E-state index is 13.0. The third kappa shape index (κ3) is 3.23. The quantitative estimate of drug-likeness (QED) is 0.834. The number of piperazine rings is 1. The van der Waals surface area contributed by atoms with Gasteiger partial charge < -0.3 is 15.1 Å². The van der Waals surface area contributed by atoms with Crippen molar-refractivity contribution in [3.63, 3.8) is 0 Å². The number of hydrogen-bond acceptors (Lipinski definition) is 3. The smallest absolute Gasteiger partial charge is 0.246 e. The Morgan fingerprint density at radius 3 is 2.24 bits per heavy atom. The summed E-state index contributed by atoms with van der Waals surface area (Å²) >= 11 is 0. The van der Waals surface area contributed by atoms with Gasteiger partial charge in [-0.15, -0.1) is 0 Å². The first-order valence-electron chi connectivity index (χ1n) is 8.06. The molecular formula is C16H29N3O2. The lowest BCUT2D eigenvalue weighted by atomic mass is 9.82. The molecule has 21 heavy (non-hydrogen) atoms. The van der Waals surface area contributed by atoms with Crippen LogP contribution < -0.4 is 5.32 Å². The zero-order valence-corrected chi connectivity index (χ0v) is 14.0. The zero-order chi connectivity index (χ0) is 15.8. The molecule has 2 atom stereocenters. The molecule has 5 nitrogen and oxygen atoms in total. The second-order valence-electron chi connectivity index (χ2n) is 7.51. The summed E-state index contributed by atoms with van der Waals surface area (Å²) in [4.78, 5) is 29.6. The van der Waals surface area contributed by atoms with Crippen LogP contribution in [0.2, 0.25) is 0 Å². The van der Waals surface area contributed by atoms with Gasteiger partial charge in [-0.05, 0) is 44.8 Å². The molecule has 0 aromatic heterocycles. The molecule has 0 bridgehead atoms. The number of hydrogen-bond donors (Lipinski definition) is 1. The number of nitrogens with zero attached hydrogens (tertiary/aromatic N) is 2. The fraction of sp³-hybridized carbons (Fsp3) is 0.875. The van der Waals surface area contributed by atoms with Crippen LogP contribution in [0.15, 0.2) is 0 Å². The first kappa shape index (κ1) is 16.3. The second-order valence-corrected chi connectivity index (χ2v) is 7.51. The lowest BCUT2D eigenvalue weighted by Gasteiger charge is -2.48. The van der Waals surface area contributed by atoms with Crippen LogP contribution >= 0.6 is 0 Å². The molecule has 0 spiro atoms. The van der Waals surface area contributed by atoms with Gasteiger partial charge in [0, 0.05) is 6.04 Å². The van der Waals surface area contributed by atoms with Crippen LogP contribution in [-0.2, 0) is 9.59 Å². The van der Waals surface area contributed by atoms with Crippen molar-refractivity contribution in [3.8, 4) is 0 Å². The van der Waals surface area contributed by atoms with E-state index in [2.05, 4.69) is 17.3 Å². The molecule has 0 radical (unpaired) electrons. The van der Waals surface area contributed by atoms with Gasteiger partial charge in [0.25, 0.3) is 0 Å². The van der Waals surface area contributed by atoms with Crippen LogP contribution in [-0.4, -0.2) is 59.9 Å². The Labute approximate surface area is 128 Å². The van der Waals surface area contributed by atoms with Crippen LogP contribution in [0.3, 0.4) is 0 Å². The van der Waals surface area contributed by atoms with Gasteiger partial charge in [0.05, 0.1) is 0 Å². The number of nitrogens with one attached hydrogen (secondary N) is 1. The molecule has 0 aromatic carbocycles. The summed E-state index contributed by atoms with van der Waals surface area (Å²) in [5.41, 5.74) is -0.255. The molecule has 2 aliphatic heterocycles. The number of carbonyl (C=O) groups is 2. The van der Waals surface area contributed by atoms with Crippen LogP contribution in [0.25, 0.3) is 0 Å². The molecule has 120 valence electrons. The summed E-state index contributed by atoms with van der Waals surface area (Å²) in [5, 5.41) is 2.94. The highest BCUT2D eigenvalue weighted by Crippen LogP contribution is 2.29. The molecule has 2 unspecified atom stereocenters. The SMILES string of the molecule is CCC1C(=O)NC(C(C)(C)C)C(=O)N1C1CCN(C)CC1. The van der Waals surface area contributed by atoms with Gasteiger partial charge in [-0.2, -0.15) is 0 Å². The molecular weight excluding hydrogens is 266 g/mol. The maximum Gasteiger partial charge on any atom is 0.246 e. The standard InChI is InChI=1S/C16H29N3O2/c1-6-12-14(20)17-13(16(2,3)4)15(21)19(12)11-7-9-18(5)10-8-11/h11-13H,6-10H2,1-5H3,(H,17,20). The summed E-state index contributed by atoms with van der Waals surface area (Å²) in [6, 6.07) is -0.508. The van der Waals surface area contributed by atoms with E-state index in [0.717, 1.165) is 25.9 Å². The Balaban J connectivity index is 2.25. The lowest BCUT2D eigenvalue weighted by Crippen LogP contribution is -2.69. The van der Waals surface area contributed by atoms with Crippen molar-refractivity contribution in [2.75, 3.05) is 20.1 Å². The van der Waals surface area contributed by atoms with E-state index in [4.69, 9.17) is 0 Å². The van der Waals surface area contributed by atoms with Crippen molar-refractivity contribution in [3.05, 3.63) is 0 Å². The largest absolute Gasteiger partial charge is 0.342 e. The summed E-state index contributed by atoms with van der Waals surface area (Å²) in [5.74, 6) is 0.111. The van der Waals surface area contributed by atoms with Crippen molar-refractivity contribution in [2.24, 2.45) is 5.41 Å². The first-order valence-corrected chi connectivity index (χ1v) is 8.06. The van der Waals surface area contributed by atoms with Crippen molar-refractivity contribution < 1.29 is 9.59 Å². The Morgan fingerprint density at radius 2 is 1.76 bits per heavy atom. The monoisotopic (exact) mass is 295 g/mol. The van der Waals surface area contributed by atoms with Crippen LogP contribution in [0.1, 0.15) is 47.0 Å². The molecule has 0 aliphatic carbocycles. The highest BCUT2D eigenvalue weighted by Gasteiger charge is 2.47. The van der Waals surface area contributed by atoms with Crippen molar-refractivity contribution in [1.29, 1.82) is 0 Å². The maximum absolute atomic E-state index is 13.0. The first-order chi connectivity index (χ1) is 9.75. The molecule has 2 rings (SSSR count). The molecule has 0 saturated carbocycles. The van der Waals surface area contributed by atoms with Crippen molar-refractivity contribution in [2.45, 2.75) is 65.1 Å². The molecule has 2 saturated heterocycles. The van der Waals surface area contributed by atoms with E-state index in [1.165, 1.54) is 0 Å². The summed E-state index contributed by atoms with van der Waals surface area (Å²) in [7, 11) is 2.11. The molecule has 2 heterocycles. The van der Waals surface area contributed by atoms with Gasteiger partial charge in [0.1, 0.15) is 12.1 Å². The minimum absolute atomic E-state index is 0.0101. The minimum atomic E-state index is -0.410. The summed E-state index contributed by atoms with van der Waals surface area (Å²) in [6.45, 7) is 10.00. The van der Waals surface area contributed by atoms with E-state index in [1.807, 2.05) is 32.6 Å². The number of rotatable bonds is 2. The van der Waals surface area contributed by atoms with E-state index in [1.54, 1.807) is 0 Å². The predicted molar refractivity (Wildman–Crippen MR) is 82.8 cm³/mol. The zero-order valence-electron chi connectivity index (χ0n) is 14.0. The molecule has 2 amide bonds. The lowest BCUT2D eigenvalue weighted by molar-refractivity contribution is -0.156. The van der Waals surface area contributed by atoms with Crippen molar-refractivity contribution >= 4 is 11.8 Å². The average Bonchev–Trinajstić information content (AvgIpc) is 2.40. The highest BCUT2D eigenvalue weighted by molar-refractivity contribution is 5.97. The molecule has 5 heteroatoms. The summed E-state index contributed by atoms with van der Waals surface area (Å²) in [6.07, 6.45) is 2.60. The number of likely N-dealkylation sites (tertiary alicyclic amines) is 1. The Morgan fingerprint density at radius 1 is 1.19 bits per heavy atom. The molecule has 2 fully saturated rings. The van der Waals surface area contributed by atoms with Crippen LogP contribution in [0, 0.1) is 5.41 Å². The van der Waals surface area contributed by atoms with Gasteiger partial charge >= 0.3 is 0 Å². The molecule has 0 aromatic rings. The van der Waals surface area contributed by atoms with E-state index < -0.39 is 6.04 Å². The van der Waals surface area contributed by atoms with Gasteiger partial charge in [0.15, 0.2) is 0 Å². The fourth-order valence-corrected chi connectivity index (χ4v) is 3.41. The van der Waals surface area contributed by atoms with Gasteiger partial charge in [-0.3, -0.25) is 9.59 Å². The van der Waals surface area contributed by atoms with Crippen molar-refractivity contribution in [1.82, 2.24) is 15.1 Å². The number of amides is 2. The van der Waals surface area contributed by atoms with Crippen LogP contribution in [0.4, 0.5) is 0 Å². The normalized spacial score (nSPS) is 29.7. The molecule has 1 N–H and O–H groups in total. The van der Waals surface area contributed by atoms with E-state index in [-0.39, 0.29) is 29.3 Å². The van der Waals surface area contributed by atoms with E-state index >= 15 is 0 Å². The van der Waals surface area contributed by atoms with E-state index in [0.29, 0.717) is 6.42 Å². The Bertz CT molecular complexity index is 408. The average molecular weight is 295 g/mol. The topological polar surface area (TPSA) is 52.7 Å². The summed E-state index contributed by atoms with van der Waals surface area (Å²) < 4.78 is 0. The number of carbonyl (C=O) groups excluding carboxylic acids is 2. The van der Waals surface area contributed by atoms with Gasteiger partial charge in [0.2, 0.25) is 11.8 Å².